The summed E-state index contributed by atoms with van der Waals surface area (Å²) in [5, 5.41) is 9.00. The fraction of sp³-hybridized carbons (Fsp3) is 0.429. The highest BCUT2D eigenvalue weighted by Gasteiger charge is 2.07. The van der Waals surface area contributed by atoms with Crippen LogP contribution in [0.15, 0.2) is 24.5 Å². The summed E-state index contributed by atoms with van der Waals surface area (Å²) < 4.78 is 7.40. The van der Waals surface area contributed by atoms with Crippen molar-refractivity contribution in [2.75, 3.05) is 13.2 Å². The van der Waals surface area contributed by atoms with Gasteiger partial charge in [0, 0.05) is 19.8 Å². The number of aromatic carboxylic acids is 1. The molecule has 19 heavy (non-hydrogen) atoms. The predicted molar refractivity (Wildman–Crippen MR) is 72.4 cm³/mol. The van der Waals surface area contributed by atoms with Gasteiger partial charge in [0.25, 0.3) is 0 Å². The zero-order valence-electron chi connectivity index (χ0n) is 11.0. The lowest BCUT2D eigenvalue weighted by Gasteiger charge is -2.05. The second-order valence-corrected chi connectivity index (χ2v) is 4.41. The molecule has 0 spiro atoms. The van der Waals surface area contributed by atoms with E-state index in [0.717, 1.165) is 37.0 Å². The second kappa shape index (κ2) is 6.33. The van der Waals surface area contributed by atoms with E-state index in [9.17, 15) is 4.79 Å². The van der Waals surface area contributed by atoms with Gasteiger partial charge in [0.15, 0.2) is 0 Å². The van der Waals surface area contributed by atoms with Gasteiger partial charge in [-0.05, 0) is 31.0 Å². The molecule has 0 fully saturated rings. The second-order valence-electron chi connectivity index (χ2n) is 4.41. The van der Waals surface area contributed by atoms with E-state index in [2.05, 4.69) is 11.9 Å². The van der Waals surface area contributed by atoms with Crippen molar-refractivity contribution in [3.05, 3.63) is 30.1 Å². The lowest BCUT2D eigenvalue weighted by Crippen LogP contribution is -2.03. The molecule has 1 N–H and O–H groups in total. The Hall–Kier alpha value is -1.88. The number of benzene rings is 1. The van der Waals surface area contributed by atoms with Crippen LogP contribution in [0.25, 0.3) is 11.0 Å². The van der Waals surface area contributed by atoms with Crippen LogP contribution in [0, 0.1) is 0 Å². The molecular formula is C14H18N2O3. The molecule has 0 bridgehead atoms. The van der Waals surface area contributed by atoms with Crippen molar-refractivity contribution in [1.29, 1.82) is 0 Å². The van der Waals surface area contributed by atoms with Crippen LogP contribution in [0.1, 0.15) is 30.1 Å². The Balaban J connectivity index is 2.06. The number of hydrogen-bond donors (Lipinski definition) is 1. The molecule has 0 atom stereocenters. The van der Waals surface area contributed by atoms with Crippen LogP contribution < -0.4 is 0 Å². The SMILES string of the molecule is CCCOCCCn1cnc2ccc(C(=O)O)cc21. The number of rotatable bonds is 7. The minimum atomic E-state index is -0.916. The molecule has 2 aromatic rings. The maximum atomic E-state index is 11.0. The number of aryl methyl sites for hydroxylation is 1. The fourth-order valence-electron chi connectivity index (χ4n) is 1.95. The van der Waals surface area contributed by atoms with Crippen molar-refractivity contribution in [2.24, 2.45) is 0 Å². The topological polar surface area (TPSA) is 64.4 Å². The van der Waals surface area contributed by atoms with Crippen LogP contribution in [-0.2, 0) is 11.3 Å². The number of hydrogen-bond acceptors (Lipinski definition) is 3. The summed E-state index contributed by atoms with van der Waals surface area (Å²) in [5.41, 5.74) is 1.96. The van der Waals surface area contributed by atoms with Crippen LogP contribution in [0.2, 0.25) is 0 Å². The Morgan fingerprint density at radius 1 is 1.42 bits per heavy atom. The lowest BCUT2D eigenvalue weighted by atomic mass is 10.2. The standard InChI is InChI=1S/C14H18N2O3/c1-2-7-19-8-3-6-16-10-15-12-5-4-11(14(17)18)9-13(12)16/h4-5,9-10H,2-3,6-8H2,1H3,(H,17,18). The van der Waals surface area contributed by atoms with Gasteiger partial charge in [-0.2, -0.15) is 0 Å². The summed E-state index contributed by atoms with van der Waals surface area (Å²) in [5.74, 6) is -0.916. The van der Waals surface area contributed by atoms with Crippen molar-refractivity contribution >= 4 is 17.0 Å². The minimum Gasteiger partial charge on any atom is -0.478 e. The highest BCUT2D eigenvalue weighted by Crippen LogP contribution is 2.15. The quantitative estimate of drug-likeness (QED) is 0.779. The first kappa shape index (κ1) is 13.5. The van der Waals surface area contributed by atoms with E-state index in [4.69, 9.17) is 9.84 Å². The first-order valence-corrected chi connectivity index (χ1v) is 6.48. The molecule has 0 saturated carbocycles. The Labute approximate surface area is 111 Å². The van der Waals surface area contributed by atoms with Gasteiger partial charge in [-0.15, -0.1) is 0 Å². The van der Waals surface area contributed by atoms with Gasteiger partial charge in [0.1, 0.15) is 0 Å². The molecule has 1 heterocycles. The molecule has 5 heteroatoms. The highest BCUT2D eigenvalue weighted by molar-refractivity contribution is 5.92. The molecule has 0 aliphatic heterocycles. The van der Waals surface area contributed by atoms with Crippen LogP contribution in [0.4, 0.5) is 0 Å². The average Bonchev–Trinajstić information content (AvgIpc) is 2.81. The van der Waals surface area contributed by atoms with E-state index in [1.165, 1.54) is 0 Å². The van der Waals surface area contributed by atoms with Gasteiger partial charge in [-0.3, -0.25) is 0 Å². The van der Waals surface area contributed by atoms with Crippen LogP contribution in [0.3, 0.4) is 0 Å². The van der Waals surface area contributed by atoms with Gasteiger partial charge in [-0.25, -0.2) is 9.78 Å². The Morgan fingerprint density at radius 2 is 2.26 bits per heavy atom. The number of aromatic nitrogens is 2. The fourth-order valence-corrected chi connectivity index (χ4v) is 1.95. The van der Waals surface area contributed by atoms with Crippen molar-refractivity contribution in [2.45, 2.75) is 26.3 Å². The third-order valence-electron chi connectivity index (χ3n) is 2.90. The molecule has 0 aliphatic rings. The van der Waals surface area contributed by atoms with E-state index < -0.39 is 5.97 Å². The third kappa shape index (κ3) is 3.32. The molecule has 1 aromatic carbocycles. The molecule has 102 valence electrons. The number of ether oxygens (including phenoxy) is 1. The summed E-state index contributed by atoms with van der Waals surface area (Å²) in [6.45, 7) is 4.36. The smallest absolute Gasteiger partial charge is 0.335 e. The summed E-state index contributed by atoms with van der Waals surface area (Å²) >= 11 is 0. The molecule has 0 amide bonds. The normalized spacial score (nSPS) is 11.0. The number of carbonyl (C=O) groups is 1. The van der Waals surface area contributed by atoms with E-state index in [-0.39, 0.29) is 5.56 Å². The van der Waals surface area contributed by atoms with E-state index in [0.29, 0.717) is 6.61 Å². The van der Waals surface area contributed by atoms with Crippen molar-refractivity contribution in [1.82, 2.24) is 9.55 Å². The number of carboxylic acids is 1. The van der Waals surface area contributed by atoms with Crippen molar-refractivity contribution < 1.29 is 14.6 Å². The van der Waals surface area contributed by atoms with Crippen LogP contribution in [-0.4, -0.2) is 33.8 Å². The van der Waals surface area contributed by atoms with Crippen LogP contribution >= 0.6 is 0 Å². The summed E-state index contributed by atoms with van der Waals surface area (Å²) in [7, 11) is 0. The van der Waals surface area contributed by atoms with Gasteiger partial charge < -0.3 is 14.4 Å². The largest absolute Gasteiger partial charge is 0.478 e. The van der Waals surface area contributed by atoms with E-state index in [1.807, 2.05) is 4.57 Å². The summed E-state index contributed by atoms with van der Waals surface area (Å²) in [4.78, 5) is 15.2. The third-order valence-corrected chi connectivity index (χ3v) is 2.90. The van der Waals surface area contributed by atoms with Gasteiger partial charge >= 0.3 is 5.97 Å². The number of fused-ring (bicyclic) bond motifs is 1. The molecular weight excluding hydrogens is 244 g/mol. The monoisotopic (exact) mass is 262 g/mol. The number of carboxylic acid groups (broad SMARTS) is 1. The van der Waals surface area contributed by atoms with Gasteiger partial charge in [0.2, 0.25) is 0 Å². The summed E-state index contributed by atoms with van der Waals surface area (Å²) in [6.07, 6.45) is 3.66. The highest BCUT2D eigenvalue weighted by atomic mass is 16.5. The molecule has 0 unspecified atom stereocenters. The maximum Gasteiger partial charge on any atom is 0.335 e. The zero-order valence-corrected chi connectivity index (χ0v) is 11.0. The van der Waals surface area contributed by atoms with Crippen molar-refractivity contribution in [3.8, 4) is 0 Å². The average molecular weight is 262 g/mol. The zero-order chi connectivity index (χ0) is 13.7. The van der Waals surface area contributed by atoms with Crippen molar-refractivity contribution in [3.63, 3.8) is 0 Å². The van der Waals surface area contributed by atoms with Crippen LogP contribution in [0.5, 0.6) is 0 Å². The van der Waals surface area contributed by atoms with E-state index in [1.54, 1.807) is 24.5 Å². The first-order valence-electron chi connectivity index (χ1n) is 6.48. The first-order chi connectivity index (χ1) is 9.22. The van der Waals surface area contributed by atoms with E-state index >= 15 is 0 Å². The molecule has 0 radical (unpaired) electrons. The molecule has 0 aliphatic carbocycles. The Kier molecular flexibility index (Phi) is 4.52. The van der Waals surface area contributed by atoms with Gasteiger partial charge in [-0.1, -0.05) is 6.92 Å². The summed E-state index contributed by atoms with van der Waals surface area (Å²) in [6, 6.07) is 4.98. The molecule has 5 nitrogen and oxygen atoms in total. The van der Waals surface area contributed by atoms with Gasteiger partial charge in [0.05, 0.1) is 22.9 Å². The molecule has 2 rings (SSSR count). The molecule has 0 saturated heterocycles. The number of nitrogens with zero attached hydrogens (tertiary/aromatic N) is 2. The molecule has 1 aromatic heterocycles. The minimum absolute atomic E-state index is 0.288. The lowest BCUT2D eigenvalue weighted by molar-refractivity contribution is 0.0697. The Bertz CT molecular complexity index is 563. The Morgan fingerprint density at radius 3 is 3.00 bits per heavy atom. The maximum absolute atomic E-state index is 11.0. The predicted octanol–water partition coefficient (Wildman–Crippen LogP) is 2.55. The number of imidazole rings is 1.